The first-order valence-corrected chi connectivity index (χ1v) is 15.1. The quantitative estimate of drug-likeness (QED) is 0.492. The van der Waals surface area contributed by atoms with Crippen LogP contribution in [0.1, 0.15) is 83.6 Å². The van der Waals surface area contributed by atoms with Crippen molar-refractivity contribution in [2.45, 2.75) is 89.4 Å². The number of carbonyl (C=O) groups excluding carboxylic acids is 1. The van der Waals surface area contributed by atoms with Gasteiger partial charge in [-0.05, 0) is 85.5 Å². The standard InChI is InChI=1S/C33H42N2O4/c1-4-22-17-28-25-9-11-32(37)19-33(38-15-16-39-33)12-10-27(32)29(25)26(18-31(28,3)30(22)21(2)36)23-5-7-24(8-6-23)35-14-13-34-20-35/h5-8,13-14,20,22,25-26,28,30,37H,4,9-12,15-19H2,1-3H3/t22-,25?,26-,28?,30?,31?,32-/m1/s1. The third-order valence-electron chi connectivity index (χ3n) is 11.5. The van der Waals surface area contributed by atoms with Crippen molar-refractivity contribution in [2.24, 2.45) is 29.1 Å². The van der Waals surface area contributed by atoms with Gasteiger partial charge < -0.3 is 19.1 Å². The minimum absolute atomic E-state index is 0.0298. The molecule has 0 radical (unpaired) electrons. The van der Waals surface area contributed by atoms with E-state index in [0.29, 0.717) is 43.2 Å². The zero-order chi connectivity index (χ0) is 27.0. The van der Waals surface area contributed by atoms with Crippen LogP contribution in [0.5, 0.6) is 0 Å². The Labute approximate surface area is 231 Å². The third-order valence-corrected chi connectivity index (χ3v) is 11.5. The van der Waals surface area contributed by atoms with Crippen LogP contribution in [-0.4, -0.2) is 45.0 Å². The molecule has 5 aliphatic rings. The summed E-state index contributed by atoms with van der Waals surface area (Å²) in [6.45, 7) is 7.73. The molecule has 1 spiro atoms. The number of Topliss-reactive ketones (excluding diaryl/α,β-unsaturated/α-hetero) is 1. The average Bonchev–Trinajstić information content (AvgIpc) is 3.67. The number of fused-ring (bicyclic) bond motifs is 4. The molecule has 1 aromatic heterocycles. The Balaban J connectivity index is 1.35. The van der Waals surface area contributed by atoms with E-state index in [1.807, 2.05) is 24.0 Å². The summed E-state index contributed by atoms with van der Waals surface area (Å²) >= 11 is 0. The van der Waals surface area contributed by atoms with Gasteiger partial charge in [0.05, 0.1) is 25.1 Å². The van der Waals surface area contributed by atoms with E-state index in [4.69, 9.17) is 9.47 Å². The summed E-state index contributed by atoms with van der Waals surface area (Å²) < 4.78 is 14.2. The van der Waals surface area contributed by atoms with Crippen molar-refractivity contribution >= 4 is 5.78 Å². The number of aliphatic hydroxyl groups is 1. The molecule has 7 atom stereocenters. The number of nitrogens with zero attached hydrogens (tertiary/aromatic N) is 2. The Morgan fingerprint density at radius 3 is 2.62 bits per heavy atom. The monoisotopic (exact) mass is 530 g/mol. The summed E-state index contributed by atoms with van der Waals surface area (Å²) in [6, 6.07) is 8.90. The van der Waals surface area contributed by atoms with Crippen molar-refractivity contribution in [3.05, 3.63) is 59.7 Å². The average molecular weight is 531 g/mol. The van der Waals surface area contributed by atoms with Crippen LogP contribution in [0.15, 0.2) is 54.1 Å². The summed E-state index contributed by atoms with van der Waals surface area (Å²) in [7, 11) is 0. The number of hydrogen-bond acceptors (Lipinski definition) is 5. The van der Waals surface area contributed by atoms with Gasteiger partial charge in [0, 0.05) is 42.8 Å². The number of rotatable bonds is 4. The zero-order valence-corrected chi connectivity index (χ0v) is 23.6. The van der Waals surface area contributed by atoms with Gasteiger partial charge in [-0.1, -0.05) is 38.0 Å². The SMILES string of the molecule is CC[C@@H]1CC2C3CC[C@@]4(O)CC5(CCC4=C3[C@@H](c3ccc(-n4ccnc4)cc3)CC2(C)C1C(C)=O)OCCO5. The van der Waals surface area contributed by atoms with E-state index in [1.54, 1.807) is 6.20 Å². The lowest BCUT2D eigenvalue weighted by Gasteiger charge is -2.56. The molecule has 0 bridgehead atoms. The van der Waals surface area contributed by atoms with Crippen LogP contribution in [0.2, 0.25) is 0 Å². The Hall–Kier alpha value is -2.28. The highest BCUT2D eigenvalue weighted by atomic mass is 16.7. The van der Waals surface area contributed by atoms with E-state index in [2.05, 4.69) is 43.1 Å². The van der Waals surface area contributed by atoms with Gasteiger partial charge in [-0.2, -0.15) is 0 Å². The van der Waals surface area contributed by atoms with Crippen molar-refractivity contribution in [2.75, 3.05) is 13.2 Å². The smallest absolute Gasteiger partial charge is 0.171 e. The highest BCUT2D eigenvalue weighted by Crippen LogP contribution is 2.68. The third kappa shape index (κ3) is 3.85. The second-order valence-corrected chi connectivity index (χ2v) is 13.3. The van der Waals surface area contributed by atoms with Crippen LogP contribution in [0.4, 0.5) is 0 Å². The van der Waals surface area contributed by atoms with E-state index in [-0.39, 0.29) is 17.3 Å². The number of carbonyl (C=O) groups is 1. The van der Waals surface area contributed by atoms with Crippen molar-refractivity contribution in [3.63, 3.8) is 0 Å². The molecule has 7 rings (SSSR count). The summed E-state index contributed by atoms with van der Waals surface area (Å²) in [5.74, 6) is 1.39. The molecule has 1 N–H and O–H groups in total. The first-order chi connectivity index (χ1) is 18.8. The summed E-state index contributed by atoms with van der Waals surface area (Å²) in [6.07, 6.45) is 12.6. The molecular formula is C33H42N2O4. The Kier molecular flexibility index (Phi) is 6.00. The first-order valence-electron chi connectivity index (χ1n) is 15.1. The maximum absolute atomic E-state index is 13.2. The fourth-order valence-electron chi connectivity index (χ4n) is 9.98. The zero-order valence-electron chi connectivity index (χ0n) is 23.6. The topological polar surface area (TPSA) is 73.6 Å². The molecule has 1 aromatic carbocycles. The number of allylic oxidation sites excluding steroid dienone is 1. The molecular weight excluding hydrogens is 488 g/mol. The van der Waals surface area contributed by atoms with Crippen LogP contribution in [-0.2, 0) is 14.3 Å². The molecule has 208 valence electrons. The van der Waals surface area contributed by atoms with E-state index in [9.17, 15) is 9.90 Å². The van der Waals surface area contributed by atoms with Gasteiger partial charge in [0.1, 0.15) is 5.78 Å². The largest absolute Gasteiger partial charge is 0.385 e. The molecule has 6 nitrogen and oxygen atoms in total. The molecule has 1 saturated heterocycles. The van der Waals surface area contributed by atoms with Gasteiger partial charge in [0.15, 0.2) is 5.79 Å². The van der Waals surface area contributed by atoms with Gasteiger partial charge in [-0.15, -0.1) is 0 Å². The number of ketones is 1. The molecule has 39 heavy (non-hydrogen) atoms. The fraction of sp³-hybridized carbons (Fsp3) is 0.636. The van der Waals surface area contributed by atoms with Gasteiger partial charge >= 0.3 is 0 Å². The van der Waals surface area contributed by atoms with Gasteiger partial charge in [-0.25, -0.2) is 4.98 Å². The van der Waals surface area contributed by atoms with Gasteiger partial charge in [0.2, 0.25) is 0 Å². The molecule has 3 saturated carbocycles. The van der Waals surface area contributed by atoms with Crippen LogP contribution in [0, 0.1) is 29.1 Å². The number of aromatic nitrogens is 2. The second-order valence-electron chi connectivity index (χ2n) is 13.3. The lowest BCUT2D eigenvalue weighted by molar-refractivity contribution is -0.208. The van der Waals surface area contributed by atoms with E-state index >= 15 is 0 Å². The lowest BCUT2D eigenvalue weighted by Crippen LogP contribution is -2.53. The maximum atomic E-state index is 13.2. The molecule has 4 aliphatic carbocycles. The molecule has 0 amide bonds. The second kappa shape index (κ2) is 9.12. The van der Waals surface area contributed by atoms with E-state index < -0.39 is 11.4 Å². The minimum Gasteiger partial charge on any atom is -0.385 e. The number of benzene rings is 1. The van der Waals surface area contributed by atoms with E-state index in [1.165, 1.54) is 16.7 Å². The molecule has 1 aliphatic heterocycles. The maximum Gasteiger partial charge on any atom is 0.171 e. The van der Waals surface area contributed by atoms with Crippen LogP contribution >= 0.6 is 0 Å². The predicted molar refractivity (Wildman–Crippen MR) is 148 cm³/mol. The summed E-state index contributed by atoms with van der Waals surface area (Å²) in [5.41, 5.74) is 4.22. The molecule has 2 aromatic rings. The van der Waals surface area contributed by atoms with Crippen LogP contribution < -0.4 is 0 Å². The highest BCUT2D eigenvalue weighted by molar-refractivity contribution is 5.80. The summed E-state index contributed by atoms with van der Waals surface area (Å²) in [4.78, 5) is 17.4. The Bertz CT molecular complexity index is 1280. The Morgan fingerprint density at radius 2 is 1.95 bits per heavy atom. The van der Waals surface area contributed by atoms with Gasteiger partial charge in [0.25, 0.3) is 0 Å². The van der Waals surface area contributed by atoms with Crippen molar-refractivity contribution in [1.82, 2.24) is 9.55 Å². The minimum atomic E-state index is -0.875. The predicted octanol–water partition coefficient (Wildman–Crippen LogP) is 5.98. The fourth-order valence-corrected chi connectivity index (χ4v) is 9.98. The normalized spacial score (nSPS) is 38.9. The van der Waals surface area contributed by atoms with E-state index in [0.717, 1.165) is 50.6 Å². The van der Waals surface area contributed by atoms with Gasteiger partial charge in [-0.3, -0.25) is 4.79 Å². The first kappa shape index (κ1) is 25.7. The van der Waals surface area contributed by atoms with Crippen molar-refractivity contribution in [1.29, 1.82) is 0 Å². The highest BCUT2D eigenvalue weighted by Gasteiger charge is 2.63. The number of hydrogen-bond donors (Lipinski definition) is 1. The van der Waals surface area contributed by atoms with Crippen molar-refractivity contribution < 1.29 is 19.4 Å². The van der Waals surface area contributed by atoms with Crippen molar-refractivity contribution in [3.8, 4) is 5.69 Å². The van der Waals surface area contributed by atoms with Crippen LogP contribution in [0.3, 0.4) is 0 Å². The Morgan fingerprint density at radius 1 is 1.18 bits per heavy atom. The molecule has 4 fully saturated rings. The molecule has 4 unspecified atom stereocenters. The molecule has 6 heteroatoms. The number of imidazole rings is 1. The van der Waals surface area contributed by atoms with Crippen LogP contribution in [0.25, 0.3) is 5.69 Å². The summed E-state index contributed by atoms with van der Waals surface area (Å²) in [5, 5.41) is 12.3. The lowest BCUT2D eigenvalue weighted by atomic mass is 9.50. The molecule has 2 heterocycles. The number of ether oxygens (including phenoxy) is 2.